The van der Waals surface area contributed by atoms with Gasteiger partial charge in [-0.3, -0.25) is 9.78 Å². The molecule has 1 aliphatic heterocycles. The van der Waals surface area contributed by atoms with E-state index in [1.165, 1.54) is 11.1 Å². The van der Waals surface area contributed by atoms with Crippen molar-refractivity contribution in [3.8, 4) is 11.5 Å². The fourth-order valence-electron chi connectivity index (χ4n) is 3.49. The lowest BCUT2D eigenvalue weighted by Gasteiger charge is -2.26. The molecular weight excluding hydrogens is 392 g/mol. The van der Waals surface area contributed by atoms with Crippen LogP contribution < -0.4 is 14.8 Å². The van der Waals surface area contributed by atoms with Gasteiger partial charge in [-0.05, 0) is 60.4 Å². The number of pyridine rings is 1. The molecule has 0 unspecified atom stereocenters. The van der Waals surface area contributed by atoms with Crippen LogP contribution in [0.3, 0.4) is 0 Å². The molecule has 1 N–H and O–H groups in total. The van der Waals surface area contributed by atoms with Crippen molar-refractivity contribution in [1.29, 1.82) is 0 Å². The lowest BCUT2D eigenvalue weighted by atomic mass is 9.96. The highest BCUT2D eigenvalue weighted by Crippen LogP contribution is 2.30. The number of aryl methyl sites for hydroxylation is 2. The standard InChI is InChI=1S/C25H26N2O4/c1-17-7-8-20(13-18(17)2)25(19-9-11-26-12-10-19)27-24(28)16-29-14-21-15-30-22-5-3-4-6-23(22)31-21/h3-13,21,25H,14-16H2,1-2H3,(H,27,28)/t21-,25-/m1/s1. The second kappa shape index (κ2) is 9.62. The summed E-state index contributed by atoms with van der Waals surface area (Å²) in [5.41, 5.74) is 4.37. The zero-order valence-corrected chi connectivity index (χ0v) is 17.7. The second-order valence-electron chi connectivity index (χ2n) is 7.64. The van der Waals surface area contributed by atoms with Crippen molar-refractivity contribution in [2.45, 2.75) is 26.0 Å². The van der Waals surface area contributed by atoms with E-state index in [-0.39, 0.29) is 31.3 Å². The smallest absolute Gasteiger partial charge is 0.246 e. The Morgan fingerprint density at radius 2 is 1.84 bits per heavy atom. The maximum absolute atomic E-state index is 12.7. The van der Waals surface area contributed by atoms with Gasteiger partial charge in [-0.1, -0.05) is 30.3 Å². The lowest BCUT2D eigenvalue weighted by Crippen LogP contribution is -2.36. The van der Waals surface area contributed by atoms with Crippen molar-refractivity contribution in [2.75, 3.05) is 19.8 Å². The zero-order chi connectivity index (χ0) is 21.6. The van der Waals surface area contributed by atoms with Gasteiger partial charge in [-0.15, -0.1) is 0 Å². The molecule has 0 fully saturated rings. The molecule has 160 valence electrons. The molecule has 0 spiro atoms. The van der Waals surface area contributed by atoms with Crippen LogP contribution in [0.4, 0.5) is 0 Å². The van der Waals surface area contributed by atoms with E-state index in [1.54, 1.807) is 12.4 Å². The van der Waals surface area contributed by atoms with Crippen molar-refractivity contribution >= 4 is 5.91 Å². The number of nitrogens with zero attached hydrogens (tertiary/aromatic N) is 1. The van der Waals surface area contributed by atoms with Crippen molar-refractivity contribution in [2.24, 2.45) is 0 Å². The number of hydrogen-bond donors (Lipinski definition) is 1. The van der Waals surface area contributed by atoms with Gasteiger partial charge in [0.05, 0.1) is 12.6 Å². The largest absolute Gasteiger partial charge is 0.486 e. The molecule has 0 saturated carbocycles. The SMILES string of the molecule is Cc1ccc([C@H](NC(=O)COC[C@@H]2COc3ccccc3O2)c2ccncc2)cc1C. The normalized spacial score (nSPS) is 15.9. The zero-order valence-electron chi connectivity index (χ0n) is 17.7. The lowest BCUT2D eigenvalue weighted by molar-refractivity contribution is -0.127. The predicted octanol–water partition coefficient (Wildman–Crippen LogP) is 3.76. The van der Waals surface area contributed by atoms with Crippen LogP contribution in [0.5, 0.6) is 11.5 Å². The maximum atomic E-state index is 12.7. The Morgan fingerprint density at radius 1 is 1.06 bits per heavy atom. The van der Waals surface area contributed by atoms with Gasteiger partial charge < -0.3 is 19.5 Å². The molecule has 3 aromatic rings. The second-order valence-corrected chi connectivity index (χ2v) is 7.64. The average molecular weight is 418 g/mol. The topological polar surface area (TPSA) is 69.7 Å². The molecule has 0 aliphatic carbocycles. The fraction of sp³-hybridized carbons (Fsp3) is 0.280. The molecule has 1 aliphatic rings. The number of benzene rings is 2. The Kier molecular flexibility index (Phi) is 6.48. The molecule has 6 heteroatoms. The van der Waals surface area contributed by atoms with Gasteiger partial charge in [0, 0.05) is 12.4 Å². The minimum atomic E-state index is -0.278. The third kappa shape index (κ3) is 5.22. The molecule has 1 amide bonds. The Hall–Kier alpha value is -3.38. The molecule has 2 aromatic carbocycles. The van der Waals surface area contributed by atoms with Crippen LogP contribution >= 0.6 is 0 Å². The van der Waals surface area contributed by atoms with Crippen molar-refractivity contribution in [1.82, 2.24) is 10.3 Å². The van der Waals surface area contributed by atoms with Crippen LogP contribution in [-0.2, 0) is 9.53 Å². The first-order valence-corrected chi connectivity index (χ1v) is 10.3. The first kappa shape index (κ1) is 20.9. The molecule has 0 bridgehead atoms. The average Bonchev–Trinajstić information content (AvgIpc) is 2.80. The van der Waals surface area contributed by atoms with Crippen LogP contribution in [0, 0.1) is 13.8 Å². The summed E-state index contributed by atoms with van der Waals surface area (Å²) in [6, 6.07) is 17.3. The van der Waals surface area contributed by atoms with Crippen molar-refractivity contribution < 1.29 is 19.0 Å². The third-order valence-electron chi connectivity index (χ3n) is 5.31. The number of rotatable bonds is 7. The Morgan fingerprint density at radius 3 is 2.61 bits per heavy atom. The minimum Gasteiger partial charge on any atom is -0.486 e. The molecule has 6 nitrogen and oxygen atoms in total. The van der Waals surface area contributed by atoms with E-state index in [9.17, 15) is 4.79 Å². The maximum Gasteiger partial charge on any atom is 0.246 e. The van der Waals surface area contributed by atoms with E-state index in [1.807, 2.05) is 42.5 Å². The van der Waals surface area contributed by atoms with Gasteiger partial charge in [-0.2, -0.15) is 0 Å². The molecule has 0 saturated heterocycles. The number of carbonyl (C=O) groups is 1. The van der Waals surface area contributed by atoms with E-state index in [0.29, 0.717) is 12.4 Å². The quantitative estimate of drug-likeness (QED) is 0.633. The monoisotopic (exact) mass is 418 g/mol. The van der Waals surface area contributed by atoms with Crippen molar-refractivity contribution in [3.63, 3.8) is 0 Å². The summed E-state index contributed by atoms with van der Waals surface area (Å²) in [4.78, 5) is 16.8. The number of amides is 1. The van der Waals surface area contributed by atoms with Gasteiger partial charge in [0.1, 0.15) is 13.2 Å². The summed E-state index contributed by atoms with van der Waals surface area (Å²) in [7, 11) is 0. The van der Waals surface area contributed by atoms with Crippen LogP contribution in [0.1, 0.15) is 28.3 Å². The number of nitrogens with one attached hydrogen (secondary N) is 1. The van der Waals surface area contributed by atoms with E-state index < -0.39 is 0 Å². The van der Waals surface area contributed by atoms with Crippen LogP contribution in [0.15, 0.2) is 67.0 Å². The number of ether oxygens (including phenoxy) is 3. The van der Waals surface area contributed by atoms with Gasteiger partial charge in [-0.25, -0.2) is 0 Å². The molecule has 31 heavy (non-hydrogen) atoms. The Bertz CT molecular complexity index is 1040. The molecule has 2 atom stereocenters. The summed E-state index contributed by atoms with van der Waals surface area (Å²) < 4.78 is 17.2. The van der Waals surface area contributed by atoms with E-state index in [0.717, 1.165) is 16.9 Å². The Labute approximate surface area is 182 Å². The summed E-state index contributed by atoms with van der Waals surface area (Å²) in [6.07, 6.45) is 3.20. The third-order valence-corrected chi connectivity index (χ3v) is 5.31. The summed E-state index contributed by atoms with van der Waals surface area (Å²) >= 11 is 0. The number of carbonyl (C=O) groups excluding carboxylic acids is 1. The Balaban J connectivity index is 1.36. The molecule has 0 radical (unpaired) electrons. The number of para-hydroxylation sites is 2. The number of fused-ring (bicyclic) bond motifs is 1. The van der Waals surface area contributed by atoms with Crippen LogP contribution in [0.2, 0.25) is 0 Å². The molecule has 1 aromatic heterocycles. The van der Waals surface area contributed by atoms with Crippen LogP contribution in [0.25, 0.3) is 0 Å². The van der Waals surface area contributed by atoms with Gasteiger partial charge in [0.25, 0.3) is 0 Å². The first-order chi connectivity index (χ1) is 15.1. The summed E-state index contributed by atoms with van der Waals surface area (Å²) in [5.74, 6) is 1.22. The number of aromatic nitrogens is 1. The molecular formula is C25H26N2O4. The fourth-order valence-corrected chi connectivity index (χ4v) is 3.49. The highest BCUT2D eigenvalue weighted by atomic mass is 16.6. The predicted molar refractivity (Wildman–Crippen MR) is 117 cm³/mol. The molecule has 4 rings (SSSR count). The first-order valence-electron chi connectivity index (χ1n) is 10.3. The van der Waals surface area contributed by atoms with Gasteiger partial charge in [0.15, 0.2) is 17.6 Å². The van der Waals surface area contributed by atoms with E-state index in [2.05, 4.69) is 36.3 Å². The minimum absolute atomic E-state index is 0.0616. The highest BCUT2D eigenvalue weighted by molar-refractivity contribution is 5.78. The highest BCUT2D eigenvalue weighted by Gasteiger charge is 2.22. The summed E-state index contributed by atoms with van der Waals surface area (Å²) in [6.45, 7) is 4.74. The van der Waals surface area contributed by atoms with Crippen LogP contribution in [-0.4, -0.2) is 36.8 Å². The van der Waals surface area contributed by atoms with Gasteiger partial charge >= 0.3 is 0 Å². The van der Waals surface area contributed by atoms with E-state index in [4.69, 9.17) is 14.2 Å². The van der Waals surface area contributed by atoms with Crippen molar-refractivity contribution in [3.05, 3.63) is 89.2 Å². The van der Waals surface area contributed by atoms with E-state index >= 15 is 0 Å². The summed E-state index contributed by atoms with van der Waals surface area (Å²) in [5, 5.41) is 3.09. The van der Waals surface area contributed by atoms with Gasteiger partial charge in [0.2, 0.25) is 5.91 Å². The number of hydrogen-bond acceptors (Lipinski definition) is 5. The molecule has 2 heterocycles.